The summed E-state index contributed by atoms with van der Waals surface area (Å²) >= 11 is 0. The Hall–Kier alpha value is -2.62. The average Bonchev–Trinajstić information content (AvgIpc) is 3.19. The molecule has 2 aromatic rings. The van der Waals surface area contributed by atoms with Crippen LogP contribution in [-0.2, 0) is 24.1 Å². The lowest BCUT2D eigenvalue weighted by molar-refractivity contribution is -0.139. The number of carbonyl (C=O) groups is 1. The number of hydrogen-bond acceptors (Lipinski definition) is 4. The topological polar surface area (TPSA) is 89.2 Å². The maximum absolute atomic E-state index is 12.8. The van der Waals surface area contributed by atoms with Gasteiger partial charge in [-0.1, -0.05) is 0 Å². The highest BCUT2D eigenvalue weighted by Gasteiger charge is 2.35. The molecule has 146 valence electrons. The van der Waals surface area contributed by atoms with E-state index >= 15 is 0 Å². The lowest BCUT2D eigenvalue weighted by Gasteiger charge is -2.17. The van der Waals surface area contributed by atoms with E-state index < -0.39 is 41.9 Å². The Labute approximate surface area is 152 Å². The molecule has 1 fully saturated rings. The van der Waals surface area contributed by atoms with E-state index in [0.717, 1.165) is 12.3 Å². The number of hydrogen-bond donors (Lipinski definition) is 2. The second-order valence-corrected chi connectivity index (χ2v) is 6.66. The molecule has 0 aromatic carbocycles. The van der Waals surface area contributed by atoms with Gasteiger partial charge in [0.2, 0.25) is 5.91 Å². The van der Waals surface area contributed by atoms with Crippen molar-refractivity contribution in [2.24, 2.45) is 5.92 Å². The smallest absolute Gasteiger partial charge is 0.391 e. The van der Waals surface area contributed by atoms with Gasteiger partial charge in [0, 0.05) is 25.1 Å². The highest BCUT2D eigenvalue weighted by Crippen LogP contribution is 2.28. The van der Waals surface area contributed by atoms with E-state index in [1.807, 2.05) is 0 Å². The van der Waals surface area contributed by atoms with Crippen LogP contribution in [0.4, 0.5) is 13.2 Å². The zero-order valence-electron chi connectivity index (χ0n) is 14.3. The Morgan fingerprint density at radius 3 is 2.74 bits per heavy atom. The summed E-state index contributed by atoms with van der Waals surface area (Å²) in [4.78, 5) is 24.1. The molecule has 1 aliphatic rings. The summed E-state index contributed by atoms with van der Waals surface area (Å²) in [7, 11) is 0. The summed E-state index contributed by atoms with van der Waals surface area (Å²) in [6.07, 6.45) is 0.0439. The van der Waals surface area contributed by atoms with Crippen molar-refractivity contribution >= 4 is 5.91 Å². The summed E-state index contributed by atoms with van der Waals surface area (Å²) in [6, 6.07) is 3.02. The number of nitrogens with one attached hydrogen (secondary N) is 1. The minimum Gasteiger partial charge on any atom is -0.391 e. The molecule has 2 heterocycles. The average molecular weight is 384 g/mol. The third-order valence-corrected chi connectivity index (χ3v) is 4.62. The number of pyridine rings is 1. The van der Waals surface area contributed by atoms with E-state index in [1.54, 1.807) is 23.1 Å². The van der Waals surface area contributed by atoms with Gasteiger partial charge >= 0.3 is 6.18 Å². The molecule has 27 heavy (non-hydrogen) atoms. The molecule has 2 aromatic heterocycles. The van der Waals surface area contributed by atoms with Gasteiger partial charge in [0.05, 0.1) is 12.1 Å². The van der Waals surface area contributed by atoms with Gasteiger partial charge in [0.1, 0.15) is 12.1 Å². The third-order valence-electron chi connectivity index (χ3n) is 4.62. The fourth-order valence-electron chi connectivity index (χ4n) is 3.38. The number of aliphatic hydroxyl groups excluding tert-OH is 1. The summed E-state index contributed by atoms with van der Waals surface area (Å²) in [6.45, 7) is 0.0549. The van der Waals surface area contributed by atoms with Crippen LogP contribution in [0.25, 0.3) is 0 Å². The predicted molar refractivity (Wildman–Crippen MR) is 88.6 cm³/mol. The first-order valence-electron chi connectivity index (χ1n) is 8.45. The molecule has 1 saturated carbocycles. The fourth-order valence-corrected chi connectivity index (χ4v) is 3.38. The van der Waals surface area contributed by atoms with Crippen LogP contribution in [-0.4, -0.2) is 37.5 Å². The van der Waals surface area contributed by atoms with Crippen LogP contribution in [0.5, 0.6) is 0 Å². The number of alkyl halides is 3. The Bertz CT molecular complexity index is 848. The lowest BCUT2D eigenvalue weighted by Crippen LogP contribution is -2.43. The van der Waals surface area contributed by atoms with Crippen molar-refractivity contribution in [3.05, 3.63) is 52.7 Å². The van der Waals surface area contributed by atoms with Crippen molar-refractivity contribution in [3.63, 3.8) is 0 Å². The molecule has 0 bridgehead atoms. The molecule has 0 saturated heterocycles. The third kappa shape index (κ3) is 4.57. The number of rotatable bonds is 5. The number of carbonyl (C=O) groups excluding carboxylic acids is 1. The van der Waals surface area contributed by atoms with Crippen LogP contribution in [0.2, 0.25) is 0 Å². The molecule has 7 nitrogen and oxygen atoms in total. The highest BCUT2D eigenvalue weighted by atomic mass is 19.4. The maximum atomic E-state index is 12.8. The Balaban J connectivity index is 1.60. The maximum Gasteiger partial charge on any atom is 0.421 e. The molecule has 0 aliphatic heterocycles. The Morgan fingerprint density at radius 2 is 2.07 bits per heavy atom. The number of aliphatic hydroxyl groups is 1. The van der Waals surface area contributed by atoms with E-state index in [4.69, 9.17) is 0 Å². The monoisotopic (exact) mass is 384 g/mol. The van der Waals surface area contributed by atoms with Gasteiger partial charge in [0.25, 0.3) is 5.56 Å². The Morgan fingerprint density at radius 1 is 1.30 bits per heavy atom. The van der Waals surface area contributed by atoms with Crippen LogP contribution >= 0.6 is 0 Å². The van der Waals surface area contributed by atoms with Crippen molar-refractivity contribution in [2.45, 2.75) is 44.3 Å². The minimum atomic E-state index is -4.78. The van der Waals surface area contributed by atoms with Gasteiger partial charge in [-0.3, -0.25) is 14.3 Å². The van der Waals surface area contributed by atoms with E-state index in [1.165, 1.54) is 0 Å². The van der Waals surface area contributed by atoms with Crippen molar-refractivity contribution < 1.29 is 23.1 Å². The van der Waals surface area contributed by atoms with E-state index in [2.05, 4.69) is 10.4 Å². The van der Waals surface area contributed by atoms with Crippen molar-refractivity contribution in [3.8, 4) is 0 Å². The normalized spacial score (nSPS) is 22.7. The van der Waals surface area contributed by atoms with E-state index in [0.29, 0.717) is 30.0 Å². The number of amides is 1. The Kier molecular flexibility index (Phi) is 5.36. The highest BCUT2D eigenvalue weighted by molar-refractivity contribution is 5.76. The zero-order chi connectivity index (χ0) is 19.6. The molecular formula is C17H19F3N4O3. The standard InChI is InChI=1S/C17H19F3N4O3/c18-17(19,20)12-3-1-5-23(16(12)27)10-15(26)22-13-7-11(8-14(13)25)9-24-6-2-4-21-24/h1-6,11,13-14,25H,7-10H2,(H,22,26)/t11?,13-,14-/m1/s1. The van der Waals surface area contributed by atoms with Crippen LogP contribution in [0, 0.1) is 5.92 Å². The van der Waals surface area contributed by atoms with Crippen LogP contribution in [0.15, 0.2) is 41.6 Å². The molecule has 1 unspecified atom stereocenters. The number of aromatic nitrogens is 3. The summed E-state index contributed by atoms with van der Waals surface area (Å²) in [5, 5.41) is 16.9. The largest absolute Gasteiger partial charge is 0.421 e. The minimum absolute atomic E-state index is 0.112. The second kappa shape index (κ2) is 7.55. The fraction of sp³-hybridized carbons (Fsp3) is 0.471. The van der Waals surface area contributed by atoms with E-state index in [-0.39, 0.29) is 5.92 Å². The number of halogens is 3. The first kappa shape index (κ1) is 19.2. The van der Waals surface area contributed by atoms with Crippen molar-refractivity contribution in [1.82, 2.24) is 19.7 Å². The number of nitrogens with zero attached hydrogens (tertiary/aromatic N) is 3. The molecule has 1 aliphatic carbocycles. The van der Waals surface area contributed by atoms with Gasteiger partial charge < -0.3 is 15.0 Å². The SMILES string of the molecule is O=C(Cn1cccc(C(F)(F)F)c1=O)N[C@@H]1CC(Cn2cccn2)C[C@H]1O. The van der Waals surface area contributed by atoms with Crippen LogP contribution in [0.1, 0.15) is 18.4 Å². The molecule has 0 spiro atoms. The molecule has 1 amide bonds. The molecule has 0 radical (unpaired) electrons. The van der Waals surface area contributed by atoms with E-state index in [9.17, 15) is 27.9 Å². The van der Waals surface area contributed by atoms with Gasteiger partial charge in [-0.15, -0.1) is 0 Å². The molecular weight excluding hydrogens is 365 g/mol. The molecule has 3 atom stereocenters. The van der Waals surface area contributed by atoms with Crippen molar-refractivity contribution in [1.29, 1.82) is 0 Å². The summed E-state index contributed by atoms with van der Waals surface area (Å²) in [5.74, 6) is -0.512. The molecule has 2 N–H and O–H groups in total. The van der Waals surface area contributed by atoms with Gasteiger partial charge in [-0.25, -0.2) is 0 Å². The van der Waals surface area contributed by atoms with Gasteiger partial charge in [0.15, 0.2) is 0 Å². The summed E-state index contributed by atoms with van der Waals surface area (Å²) in [5.41, 5.74) is -2.60. The predicted octanol–water partition coefficient (Wildman–Crippen LogP) is 1.02. The zero-order valence-corrected chi connectivity index (χ0v) is 14.3. The van der Waals surface area contributed by atoms with Crippen LogP contribution < -0.4 is 10.9 Å². The quantitative estimate of drug-likeness (QED) is 0.806. The molecule has 3 rings (SSSR count). The second-order valence-electron chi connectivity index (χ2n) is 6.66. The lowest BCUT2D eigenvalue weighted by atomic mass is 10.1. The van der Waals surface area contributed by atoms with Crippen LogP contribution in [0.3, 0.4) is 0 Å². The summed E-state index contributed by atoms with van der Waals surface area (Å²) < 4.78 is 40.8. The van der Waals surface area contributed by atoms with Gasteiger partial charge in [-0.05, 0) is 37.0 Å². The van der Waals surface area contributed by atoms with Crippen molar-refractivity contribution in [2.75, 3.05) is 0 Å². The molecule has 10 heteroatoms. The first-order valence-corrected chi connectivity index (χ1v) is 8.45. The van der Waals surface area contributed by atoms with Gasteiger partial charge in [-0.2, -0.15) is 18.3 Å². The first-order chi connectivity index (χ1) is 12.7.